The minimum Gasteiger partial charge on any atom is -0.541 e. The zero-order chi connectivity index (χ0) is 49.7. The quantitative estimate of drug-likeness (QED) is 0.0344. The van der Waals surface area contributed by atoms with E-state index in [4.69, 9.17) is 23.7 Å². The summed E-state index contributed by atoms with van der Waals surface area (Å²) in [5, 5.41) is 21.1. The highest BCUT2D eigenvalue weighted by atomic mass is 16.5. The van der Waals surface area contributed by atoms with E-state index in [9.17, 15) is 43.8 Å². The summed E-state index contributed by atoms with van der Waals surface area (Å²) in [5.41, 5.74) is 2.51. The summed E-state index contributed by atoms with van der Waals surface area (Å²) < 4.78 is 28.2. The number of benzene rings is 4. The molecule has 0 aliphatic carbocycles. The molecular weight excluding hydrogens is 863 g/mol. The summed E-state index contributed by atoms with van der Waals surface area (Å²) in [6, 6.07) is 31.7. The minimum absolute atomic E-state index is 0.00794. The van der Waals surface area contributed by atoms with Crippen LogP contribution in [0.15, 0.2) is 122 Å². The number of aryl methyl sites for hydroxylation is 2. The third-order valence-electron chi connectivity index (χ3n) is 10.8. The fourth-order valence-electron chi connectivity index (χ4n) is 6.12. The molecule has 0 bridgehead atoms. The lowest BCUT2D eigenvalue weighted by Crippen LogP contribution is -2.35. The van der Waals surface area contributed by atoms with Crippen molar-refractivity contribution in [1.82, 2.24) is 0 Å². The number of ketones is 2. The lowest BCUT2D eigenvalue weighted by molar-refractivity contribution is -0.688. The first-order valence-corrected chi connectivity index (χ1v) is 21.2. The molecule has 5 rings (SSSR count). The Bertz CT molecular complexity index is 2450. The predicted octanol–water partition coefficient (Wildman–Crippen LogP) is 5.17. The highest BCUT2D eigenvalue weighted by Crippen LogP contribution is 2.30. The summed E-state index contributed by atoms with van der Waals surface area (Å²) >= 11 is 0. The Labute approximate surface area is 390 Å². The molecule has 4 aromatic carbocycles. The van der Waals surface area contributed by atoms with E-state index in [1.165, 1.54) is 56.2 Å². The van der Waals surface area contributed by atoms with Crippen molar-refractivity contribution in [1.29, 1.82) is 0 Å². The number of hydrogen-bond donors (Lipinski definition) is 0. The van der Waals surface area contributed by atoms with Crippen LogP contribution in [0.2, 0.25) is 0 Å². The van der Waals surface area contributed by atoms with Gasteiger partial charge in [0.15, 0.2) is 18.9 Å². The van der Waals surface area contributed by atoms with E-state index in [-0.39, 0.29) is 48.9 Å². The van der Waals surface area contributed by atoms with Gasteiger partial charge >= 0.3 is 17.9 Å². The van der Waals surface area contributed by atoms with Gasteiger partial charge in [0.2, 0.25) is 11.6 Å². The Morgan fingerprint density at radius 1 is 0.567 bits per heavy atom. The lowest BCUT2D eigenvalue weighted by atomic mass is 9.89. The predicted molar refractivity (Wildman–Crippen MR) is 241 cm³/mol. The molecule has 0 saturated heterocycles. The molecule has 0 saturated carbocycles. The maximum absolute atomic E-state index is 11.9. The van der Waals surface area contributed by atoms with E-state index < -0.39 is 34.3 Å². The van der Waals surface area contributed by atoms with E-state index in [1.54, 1.807) is 39.8 Å². The van der Waals surface area contributed by atoms with Crippen molar-refractivity contribution in [2.75, 3.05) is 27.4 Å². The van der Waals surface area contributed by atoms with Gasteiger partial charge in [0, 0.05) is 34.4 Å². The van der Waals surface area contributed by atoms with Gasteiger partial charge in [-0.15, -0.1) is 0 Å². The van der Waals surface area contributed by atoms with E-state index in [0.717, 1.165) is 12.1 Å². The maximum atomic E-state index is 11.9. The second-order valence-electron chi connectivity index (χ2n) is 15.9. The van der Waals surface area contributed by atoms with Crippen LogP contribution in [0, 0.1) is 24.7 Å². The smallest absolute Gasteiger partial charge is 0.338 e. The fourth-order valence-corrected chi connectivity index (χ4v) is 6.12. The third kappa shape index (κ3) is 16.1. The van der Waals surface area contributed by atoms with Gasteiger partial charge in [-0.1, -0.05) is 62.4 Å². The van der Waals surface area contributed by atoms with Gasteiger partial charge in [0.05, 0.1) is 30.6 Å². The largest absolute Gasteiger partial charge is 0.541 e. The van der Waals surface area contributed by atoms with Gasteiger partial charge < -0.3 is 43.5 Å². The number of rotatable bonds is 19. The van der Waals surface area contributed by atoms with Crippen molar-refractivity contribution in [3.05, 3.63) is 161 Å². The van der Waals surface area contributed by atoms with Crippen LogP contribution in [-0.2, 0) is 46.5 Å². The van der Waals surface area contributed by atoms with Crippen molar-refractivity contribution >= 4 is 41.4 Å². The topological polar surface area (TPSA) is 216 Å². The molecule has 15 nitrogen and oxygen atoms in total. The van der Waals surface area contributed by atoms with Gasteiger partial charge in [-0.3, -0.25) is 19.2 Å². The van der Waals surface area contributed by atoms with Gasteiger partial charge in [-0.25, -0.2) is 9.36 Å². The standard InChI is InChI=1S/C20H18NO2.C17H22O6.C15H18O6/c22-20(19-9-5-2-6-10-19)23-16-18-11-13-21(14-12-18)15-17-7-3-1-4-8-17;1-6-17(4,16(21)22-5)9-23-14-10(2)7-12(8-11(14)3)13(18)15(19)20;1-4-15(2,14(19)20-3)9-21-11-7-5-10(6-8-11)12(16)13(17)18/h1-14H,15-16H2;7-8H,6,9H2,1-5H3,(H,19,20);5-8H,4,9H2,1-3H3,(H,17,18)/q+1;;/p-2. The second-order valence-corrected chi connectivity index (χ2v) is 15.9. The fraction of sp³-hybridized carbons (Fsp3) is 0.308. The number of carbonyl (C=O) groups is 7. The molecular formula is C52H56NO14-. The molecule has 0 N–H and O–H groups in total. The van der Waals surface area contributed by atoms with Crippen LogP contribution in [-0.4, -0.2) is 68.8 Å². The van der Waals surface area contributed by atoms with Gasteiger partial charge in [-0.2, -0.15) is 0 Å². The monoisotopic (exact) mass is 918 g/mol. The maximum Gasteiger partial charge on any atom is 0.338 e. The van der Waals surface area contributed by atoms with Crippen LogP contribution in [0.5, 0.6) is 11.5 Å². The van der Waals surface area contributed by atoms with Crippen LogP contribution >= 0.6 is 0 Å². The molecule has 0 aliphatic rings. The molecule has 0 aliphatic heterocycles. The van der Waals surface area contributed by atoms with Gasteiger partial charge in [-0.05, 0) is 100 Å². The average molecular weight is 919 g/mol. The molecule has 2 unspecified atom stereocenters. The first-order valence-electron chi connectivity index (χ1n) is 21.2. The van der Waals surface area contributed by atoms with Crippen LogP contribution < -0.4 is 24.3 Å². The van der Waals surface area contributed by atoms with E-state index in [1.807, 2.05) is 74.8 Å². The number of Topliss-reactive ketones (excluding diaryl/α,β-unsaturated/α-hetero) is 2. The number of carboxylic acid groups (broad SMARTS) is 2. The zero-order valence-electron chi connectivity index (χ0n) is 39.0. The van der Waals surface area contributed by atoms with Gasteiger partial charge in [0.1, 0.15) is 43.3 Å². The summed E-state index contributed by atoms with van der Waals surface area (Å²) in [4.78, 5) is 79.2. The molecule has 0 amide bonds. The number of carboxylic acids is 2. The van der Waals surface area contributed by atoms with E-state index in [2.05, 4.69) is 16.7 Å². The van der Waals surface area contributed by atoms with Gasteiger partial charge in [0.25, 0.3) is 0 Å². The van der Waals surface area contributed by atoms with Crippen LogP contribution in [0.1, 0.15) is 93.9 Å². The number of aliphatic carboxylic acids is 2. The summed E-state index contributed by atoms with van der Waals surface area (Å²) in [6.45, 7) is 11.9. The molecule has 67 heavy (non-hydrogen) atoms. The Morgan fingerprint density at radius 3 is 1.49 bits per heavy atom. The van der Waals surface area contributed by atoms with Crippen molar-refractivity contribution in [2.45, 2.75) is 67.5 Å². The first kappa shape index (κ1) is 53.7. The lowest BCUT2D eigenvalue weighted by Gasteiger charge is -2.26. The Hall–Kier alpha value is -7.68. The highest BCUT2D eigenvalue weighted by molar-refractivity contribution is 6.39. The molecule has 0 spiro atoms. The normalized spacial score (nSPS) is 12.1. The number of esters is 3. The number of pyridine rings is 1. The highest BCUT2D eigenvalue weighted by Gasteiger charge is 2.35. The summed E-state index contributed by atoms with van der Waals surface area (Å²) in [7, 11) is 2.64. The van der Waals surface area contributed by atoms with E-state index >= 15 is 0 Å². The molecule has 0 fully saturated rings. The SMILES string of the molecule is CCC(C)(COc1c(C)cc(C(=O)C(=O)[O-])cc1C)C(=O)OC.CCC(C)(COc1ccc(C(=O)C(=O)[O-])cc1)C(=O)OC.O=C(OCc1cc[n+](Cc2ccccc2)cc1)c1ccccc1. The molecule has 1 heterocycles. The van der Waals surface area contributed by atoms with E-state index in [0.29, 0.717) is 41.0 Å². The minimum atomic E-state index is -1.76. The molecule has 354 valence electrons. The molecule has 1 aromatic heterocycles. The zero-order valence-corrected chi connectivity index (χ0v) is 39.0. The molecule has 15 heteroatoms. The molecule has 2 atom stereocenters. The van der Waals surface area contributed by atoms with Crippen LogP contribution in [0.25, 0.3) is 0 Å². The first-order chi connectivity index (χ1) is 31.8. The Balaban J connectivity index is 0.000000267. The third-order valence-corrected chi connectivity index (χ3v) is 10.8. The van der Waals surface area contributed by atoms with Crippen molar-refractivity contribution in [3.63, 3.8) is 0 Å². The molecule has 0 radical (unpaired) electrons. The average Bonchev–Trinajstić information content (AvgIpc) is 3.34. The van der Waals surface area contributed by atoms with Crippen LogP contribution in [0.4, 0.5) is 0 Å². The van der Waals surface area contributed by atoms with Crippen molar-refractivity contribution in [2.24, 2.45) is 10.8 Å². The number of methoxy groups -OCH3 is 2. The molecule has 5 aromatic rings. The van der Waals surface area contributed by atoms with Crippen molar-refractivity contribution in [3.8, 4) is 11.5 Å². The Morgan fingerprint density at radius 2 is 1.03 bits per heavy atom. The number of aromatic nitrogens is 1. The number of ether oxygens (including phenoxy) is 5. The van der Waals surface area contributed by atoms with Crippen molar-refractivity contribution < 1.29 is 72.0 Å². The number of nitrogens with zero attached hydrogens (tertiary/aromatic N) is 1. The number of carbonyl (C=O) groups excluding carboxylic acids is 7. The summed E-state index contributed by atoms with van der Waals surface area (Å²) in [5.74, 6) is -5.75. The Kier molecular flexibility index (Phi) is 20.6. The second kappa shape index (κ2) is 25.7. The van der Waals surface area contributed by atoms with Crippen LogP contribution in [0.3, 0.4) is 0 Å². The summed E-state index contributed by atoms with van der Waals surface area (Å²) in [6.07, 6.45) is 5.08. The number of hydrogen-bond acceptors (Lipinski definition) is 14.